The van der Waals surface area contributed by atoms with Crippen LogP contribution in [-0.4, -0.2) is 39.4 Å². The van der Waals surface area contributed by atoms with Gasteiger partial charge in [-0.05, 0) is 49.6 Å². The van der Waals surface area contributed by atoms with Gasteiger partial charge in [0.15, 0.2) is 0 Å². The number of benzene rings is 1. The van der Waals surface area contributed by atoms with E-state index in [9.17, 15) is 9.50 Å². The Kier molecular flexibility index (Phi) is 4.27. The van der Waals surface area contributed by atoms with E-state index in [4.69, 9.17) is 0 Å². The number of H-pyrrole nitrogens is 1. The highest BCUT2D eigenvalue weighted by molar-refractivity contribution is 5.26. The molecule has 0 radical (unpaired) electrons. The fourth-order valence-electron chi connectivity index (χ4n) is 3.17. The maximum atomic E-state index is 13.4. The molecule has 2 aromatic rings. The Morgan fingerprint density at radius 2 is 2.14 bits per heavy atom. The maximum absolute atomic E-state index is 13.4. The number of rotatable bonds is 4. The number of hydrogen-bond acceptors (Lipinski definition) is 3. The Balaban J connectivity index is 1.64. The van der Waals surface area contributed by atoms with E-state index in [1.165, 1.54) is 6.07 Å². The summed E-state index contributed by atoms with van der Waals surface area (Å²) < 4.78 is 13.4. The van der Waals surface area contributed by atoms with Gasteiger partial charge >= 0.3 is 0 Å². The van der Waals surface area contributed by atoms with E-state index in [0.717, 1.165) is 35.5 Å². The lowest BCUT2D eigenvalue weighted by molar-refractivity contribution is 0.140. The first-order chi connectivity index (χ1) is 10.5. The van der Waals surface area contributed by atoms with Crippen LogP contribution in [0.15, 0.2) is 24.3 Å². The number of nitrogens with zero attached hydrogens (tertiary/aromatic N) is 2. The molecule has 2 atom stereocenters. The number of aromatic nitrogens is 2. The molecule has 1 aromatic heterocycles. The molecule has 0 bridgehead atoms. The first-order valence-corrected chi connectivity index (χ1v) is 7.67. The van der Waals surface area contributed by atoms with Gasteiger partial charge in [-0.1, -0.05) is 6.07 Å². The Bertz CT molecular complexity index is 655. The van der Waals surface area contributed by atoms with Crippen LogP contribution in [0, 0.1) is 25.6 Å². The summed E-state index contributed by atoms with van der Waals surface area (Å²) in [4.78, 5) is 2.19. The smallest absolute Gasteiger partial charge is 0.123 e. The van der Waals surface area contributed by atoms with Crippen LogP contribution in [0.2, 0.25) is 0 Å². The van der Waals surface area contributed by atoms with E-state index in [0.29, 0.717) is 13.1 Å². The van der Waals surface area contributed by atoms with E-state index in [1.807, 2.05) is 19.9 Å². The van der Waals surface area contributed by atoms with Gasteiger partial charge in [-0.25, -0.2) is 4.39 Å². The van der Waals surface area contributed by atoms with Crippen molar-refractivity contribution >= 4 is 0 Å². The van der Waals surface area contributed by atoms with Gasteiger partial charge in [-0.3, -0.25) is 10.00 Å². The molecular weight excluding hydrogens is 281 g/mol. The van der Waals surface area contributed by atoms with Crippen molar-refractivity contribution in [2.75, 3.05) is 13.1 Å². The second kappa shape index (κ2) is 6.18. The van der Waals surface area contributed by atoms with E-state index in [2.05, 4.69) is 15.1 Å². The second-order valence-electron chi connectivity index (χ2n) is 6.34. The van der Waals surface area contributed by atoms with Gasteiger partial charge in [-0.15, -0.1) is 0 Å². The van der Waals surface area contributed by atoms with Crippen molar-refractivity contribution < 1.29 is 9.50 Å². The molecule has 5 heteroatoms. The average Bonchev–Trinajstić information content (AvgIpc) is 3.01. The van der Waals surface area contributed by atoms with Crippen molar-refractivity contribution in [2.24, 2.45) is 5.92 Å². The number of aliphatic hydroxyl groups is 1. The Hall–Kier alpha value is -1.72. The normalized spacial score (nSPS) is 22.4. The number of β-amino-alcohol motifs (C(OH)–C–C–N with tert-alkyl or cyclic N) is 1. The Morgan fingerprint density at radius 3 is 2.86 bits per heavy atom. The predicted octanol–water partition coefficient (Wildman–Crippen LogP) is 2.20. The lowest BCUT2D eigenvalue weighted by Crippen LogP contribution is -2.22. The largest absolute Gasteiger partial charge is 0.391 e. The first kappa shape index (κ1) is 15.2. The molecule has 1 aliphatic heterocycles. The van der Waals surface area contributed by atoms with Gasteiger partial charge in [0, 0.05) is 31.2 Å². The summed E-state index contributed by atoms with van der Waals surface area (Å²) in [5.74, 6) is -0.0274. The van der Waals surface area contributed by atoms with Crippen molar-refractivity contribution in [3.63, 3.8) is 0 Å². The van der Waals surface area contributed by atoms with Crippen molar-refractivity contribution in [2.45, 2.75) is 32.9 Å². The highest BCUT2D eigenvalue weighted by Gasteiger charge is 2.31. The van der Waals surface area contributed by atoms with Crippen molar-refractivity contribution in [1.29, 1.82) is 0 Å². The number of likely N-dealkylation sites (tertiary alicyclic amines) is 1. The molecule has 118 valence electrons. The number of hydrogen-bond donors (Lipinski definition) is 2. The lowest BCUT2D eigenvalue weighted by Gasteiger charge is -2.17. The minimum atomic E-state index is -0.356. The maximum Gasteiger partial charge on any atom is 0.123 e. The molecule has 22 heavy (non-hydrogen) atoms. The number of aromatic amines is 1. The standard InChI is InChI=1S/C17H22FN3O/c1-11-3-4-15(18)6-13(11)8-21-9-14(17(22)10-21)7-16-5-12(2)19-20-16/h3-6,14,17,22H,7-10H2,1-2H3,(H,19,20). The van der Waals surface area contributed by atoms with E-state index in [-0.39, 0.29) is 17.8 Å². The Labute approximate surface area is 130 Å². The number of halogens is 1. The van der Waals surface area contributed by atoms with E-state index in [1.54, 1.807) is 12.1 Å². The number of nitrogens with one attached hydrogen (secondary N) is 1. The zero-order valence-corrected chi connectivity index (χ0v) is 13.0. The third kappa shape index (κ3) is 3.36. The molecule has 1 fully saturated rings. The monoisotopic (exact) mass is 303 g/mol. The summed E-state index contributed by atoms with van der Waals surface area (Å²) in [7, 11) is 0. The molecule has 0 saturated carbocycles. The van der Waals surface area contributed by atoms with Crippen molar-refractivity contribution in [1.82, 2.24) is 15.1 Å². The third-order valence-electron chi connectivity index (χ3n) is 4.42. The molecule has 1 aliphatic rings. The van der Waals surface area contributed by atoms with Gasteiger partial charge in [0.25, 0.3) is 0 Å². The van der Waals surface area contributed by atoms with Crippen LogP contribution in [0.4, 0.5) is 4.39 Å². The fraction of sp³-hybridized carbons (Fsp3) is 0.471. The fourth-order valence-corrected chi connectivity index (χ4v) is 3.17. The lowest BCUT2D eigenvalue weighted by atomic mass is 10.00. The van der Waals surface area contributed by atoms with Crippen LogP contribution in [0.25, 0.3) is 0 Å². The number of aliphatic hydroxyl groups excluding tert-OH is 1. The molecule has 2 heterocycles. The van der Waals surface area contributed by atoms with Gasteiger partial charge < -0.3 is 5.11 Å². The van der Waals surface area contributed by atoms with Crippen molar-refractivity contribution in [3.05, 3.63) is 52.6 Å². The van der Waals surface area contributed by atoms with Crippen LogP contribution >= 0.6 is 0 Å². The molecule has 1 aromatic carbocycles. The molecule has 2 N–H and O–H groups in total. The average molecular weight is 303 g/mol. The van der Waals surface area contributed by atoms with Crippen LogP contribution in [0.5, 0.6) is 0 Å². The van der Waals surface area contributed by atoms with E-state index < -0.39 is 0 Å². The number of aryl methyl sites for hydroxylation is 2. The summed E-state index contributed by atoms with van der Waals surface area (Å²) in [6.45, 7) is 6.08. The van der Waals surface area contributed by atoms with Gasteiger partial charge in [0.2, 0.25) is 0 Å². The molecule has 4 nitrogen and oxygen atoms in total. The topological polar surface area (TPSA) is 52.1 Å². The summed E-state index contributed by atoms with van der Waals surface area (Å²) in [5, 5.41) is 17.5. The minimum absolute atomic E-state index is 0.177. The summed E-state index contributed by atoms with van der Waals surface area (Å²) in [6, 6.07) is 6.90. The van der Waals surface area contributed by atoms with E-state index >= 15 is 0 Å². The van der Waals surface area contributed by atoms with Gasteiger partial charge in [0.1, 0.15) is 5.82 Å². The molecule has 2 unspecified atom stereocenters. The van der Waals surface area contributed by atoms with Crippen molar-refractivity contribution in [3.8, 4) is 0 Å². The zero-order valence-electron chi connectivity index (χ0n) is 13.0. The molecular formula is C17H22FN3O. The van der Waals surface area contributed by atoms with Crippen LogP contribution in [0.3, 0.4) is 0 Å². The molecule has 0 spiro atoms. The summed E-state index contributed by atoms with van der Waals surface area (Å²) in [5.41, 5.74) is 4.10. The third-order valence-corrected chi connectivity index (χ3v) is 4.42. The van der Waals surface area contributed by atoms with Gasteiger partial charge in [-0.2, -0.15) is 5.10 Å². The SMILES string of the molecule is Cc1cc(CC2CN(Cc3cc(F)ccc3C)CC2O)n[nH]1. The summed E-state index contributed by atoms with van der Waals surface area (Å²) in [6.07, 6.45) is 0.412. The predicted molar refractivity (Wildman–Crippen MR) is 82.9 cm³/mol. The van der Waals surface area contributed by atoms with Gasteiger partial charge in [0.05, 0.1) is 11.8 Å². The quantitative estimate of drug-likeness (QED) is 0.910. The molecule has 1 saturated heterocycles. The second-order valence-corrected chi connectivity index (χ2v) is 6.34. The van der Waals surface area contributed by atoms with Crippen LogP contribution in [-0.2, 0) is 13.0 Å². The van der Waals surface area contributed by atoms with Crippen LogP contribution in [0.1, 0.15) is 22.5 Å². The molecule has 0 amide bonds. The highest BCUT2D eigenvalue weighted by atomic mass is 19.1. The molecule has 0 aliphatic carbocycles. The minimum Gasteiger partial charge on any atom is -0.391 e. The first-order valence-electron chi connectivity index (χ1n) is 7.67. The Morgan fingerprint density at radius 1 is 1.32 bits per heavy atom. The zero-order chi connectivity index (χ0) is 15.7. The van der Waals surface area contributed by atoms with Crippen LogP contribution < -0.4 is 0 Å². The highest BCUT2D eigenvalue weighted by Crippen LogP contribution is 2.24. The molecule has 3 rings (SSSR count). The summed E-state index contributed by atoms with van der Waals surface area (Å²) >= 11 is 0.